The van der Waals surface area contributed by atoms with Gasteiger partial charge in [-0.15, -0.1) is 0 Å². The largest absolute Gasteiger partial charge is 0.481 e. The molecule has 0 heterocycles. The van der Waals surface area contributed by atoms with Crippen molar-refractivity contribution >= 4 is 11.8 Å². The van der Waals surface area contributed by atoms with Gasteiger partial charge in [-0.3, -0.25) is 9.59 Å². The molecule has 1 saturated carbocycles. The minimum absolute atomic E-state index is 0.198. The maximum Gasteiger partial charge on any atom is 0.306 e. The molecule has 0 saturated heterocycles. The Labute approximate surface area is 102 Å². The first-order chi connectivity index (χ1) is 8.09. The third-order valence-corrected chi connectivity index (χ3v) is 3.38. The SMILES string of the molecule is CC(=O)C(CC(=O)O)OCCC1CCCCC1. The highest BCUT2D eigenvalue weighted by molar-refractivity contribution is 5.84. The minimum Gasteiger partial charge on any atom is -0.481 e. The lowest BCUT2D eigenvalue weighted by molar-refractivity contribution is -0.145. The van der Waals surface area contributed by atoms with Crippen molar-refractivity contribution in [1.82, 2.24) is 0 Å². The normalized spacial score (nSPS) is 18.9. The maximum absolute atomic E-state index is 11.2. The molecule has 4 heteroatoms. The number of carbonyl (C=O) groups excluding carboxylic acids is 1. The summed E-state index contributed by atoms with van der Waals surface area (Å²) in [5.41, 5.74) is 0. The van der Waals surface area contributed by atoms with Crippen LogP contribution >= 0.6 is 0 Å². The first-order valence-corrected chi connectivity index (χ1v) is 6.43. The second kappa shape index (κ2) is 7.43. The highest BCUT2D eigenvalue weighted by Crippen LogP contribution is 2.26. The number of ketones is 1. The van der Waals surface area contributed by atoms with Crippen LogP contribution in [-0.2, 0) is 14.3 Å². The number of hydrogen-bond acceptors (Lipinski definition) is 3. The van der Waals surface area contributed by atoms with Gasteiger partial charge in [-0.1, -0.05) is 32.1 Å². The molecule has 98 valence electrons. The Morgan fingerprint density at radius 2 is 1.94 bits per heavy atom. The highest BCUT2D eigenvalue weighted by Gasteiger charge is 2.19. The third-order valence-electron chi connectivity index (χ3n) is 3.38. The Hall–Kier alpha value is -0.900. The first-order valence-electron chi connectivity index (χ1n) is 6.43. The molecule has 17 heavy (non-hydrogen) atoms. The van der Waals surface area contributed by atoms with Gasteiger partial charge in [0.1, 0.15) is 6.10 Å². The van der Waals surface area contributed by atoms with Crippen LogP contribution in [-0.4, -0.2) is 29.6 Å². The van der Waals surface area contributed by atoms with Crippen LogP contribution in [0.5, 0.6) is 0 Å². The van der Waals surface area contributed by atoms with Crippen molar-refractivity contribution in [2.24, 2.45) is 5.92 Å². The average molecular weight is 242 g/mol. The number of carboxylic acid groups (broad SMARTS) is 1. The van der Waals surface area contributed by atoms with Gasteiger partial charge in [-0.2, -0.15) is 0 Å². The molecule has 1 rings (SSSR count). The van der Waals surface area contributed by atoms with Crippen LogP contribution in [0.3, 0.4) is 0 Å². The lowest BCUT2D eigenvalue weighted by Crippen LogP contribution is -2.26. The zero-order chi connectivity index (χ0) is 12.7. The predicted octanol–water partition coefficient (Wildman–Crippen LogP) is 2.41. The van der Waals surface area contributed by atoms with Crippen molar-refractivity contribution in [2.45, 2.75) is 58.0 Å². The molecule has 0 radical (unpaired) electrons. The molecule has 1 unspecified atom stereocenters. The average Bonchev–Trinajstić information content (AvgIpc) is 2.28. The lowest BCUT2D eigenvalue weighted by atomic mass is 9.87. The molecule has 0 aromatic carbocycles. The van der Waals surface area contributed by atoms with Gasteiger partial charge in [0.2, 0.25) is 0 Å². The van der Waals surface area contributed by atoms with Crippen LogP contribution in [0, 0.1) is 5.92 Å². The van der Waals surface area contributed by atoms with Crippen molar-refractivity contribution in [2.75, 3.05) is 6.61 Å². The number of rotatable bonds is 7. The molecule has 1 aliphatic rings. The van der Waals surface area contributed by atoms with Crippen molar-refractivity contribution in [3.05, 3.63) is 0 Å². The van der Waals surface area contributed by atoms with Crippen molar-refractivity contribution in [1.29, 1.82) is 0 Å². The van der Waals surface area contributed by atoms with E-state index in [9.17, 15) is 9.59 Å². The summed E-state index contributed by atoms with van der Waals surface area (Å²) in [7, 11) is 0. The summed E-state index contributed by atoms with van der Waals surface area (Å²) in [6.07, 6.45) is 6.35. The second-order valence-electron chi connectivity index (χ2n) is 4.86. The minimum atomic E-state index is -0.983. The van der Waals surface area contributed by atoms with Gasteiger partial charge in [-0.25, -0.2) is 0 Å². The number of ether oxygens (including phenoxy) is 1. The molecule has 1 atom stereocenters. The van der Waals surface area contributed by atoms with Crippen LogP contribution in [0.1, 0.15) is 51.9 Å². The van der Waals surface area contributed by atoms with Crippen molar-refractivity contribution < 1.29 is 19.4 Å². The molecule has 1 aliphatic carbocycles. The highest BCUT2D eigenvalue weighted by atomic mass is 16.5. The molecule has 0 amide bonds. The van der Waals surface area contributed by atoms with E-state index in [0.717, 1.165) is 6.42 Å². The molecule has 1 fully saturated rings. The number of carbonyl (C=O) groups is 2. The topological polar surface area (TPSA) is 63.6 Å². The van der Waals surface area contributed by atoms with Crippen LogP contribution in [0.4, 0.5) is 0 Å². The summed E-state index contributed by atoms with van der Waals surface area (Å²) < 4.78 is 5.39. The van der Waals surface area contributed by atoms with E-state index in [1.165, 1.54) is 39.0 Å². The Balaban J connectivity index is 2.21. The summed E-state index contributed by atoms with van der Waals surface area (Å²) in [5.74, 6) is -0.486. The van der Waals surface area contributed by atoms with E-state index in [1.54, 1.807) is 0 Å². The van der Waals surface area contributed by atoms with E-state index in [-0.39, 0.29) is 12.2 Å². The zero-order valence-electron chi connectivity index (χ0n) is 10.5. The molecule has 0 aromatic heterocycles. The smallest absolute Gasteiger partial charge is 0.306 e. The Kier molecular flexibility index (Phi) is 6.19. The molecular weight excluding hydrogens is 220 g/mol. The summed E-state index contributed by atoms with van der Waals surface area (Å²) >= 11 is 0. The van der Waals surface area contributed by atoms with E-state index in [4.69, 9.17) is 9.84 Å². The summed E-state index contributed by atoms with van der Waals surface area (Å²) in [5, 5.41) is 8.65. The van der Waals surface area contributed by atoms with Gasteiger partial charge >= 0.3 is 5.97 Å². The fourth-order valence-electron chi connectivity index (χ4n) is 2.33. The van der Waals surface area contributed by atoms with Gasteiger partial charge in [0, 0.05) is 6.61 Å². The summed E-state index contributed by atoms with van der Waals surface area (Å²) in [6.45, 7) is 1.89. The van der Waals surface area contributed by atoms with E-state index < -0.39 is 12.1 Å². The molecule has 0 spiro atoms. The Bertz CT molecular complexity index is 256. The monoisotopic (exact) mass is 242 g/mol. The molecular formula is C13H22O4. The van der Waals surface area contributed by atoms with Gasteiger partial charge in [-0.05, 0) is 19.3 Å². The number of Topliss-reactive ketones (excluding diaryl/α,β-unsaturated/α-hetero) is 1. The van der Waals surface area contributed by atoms with Crippen LogP contribution in [0.15, 0.2) is 0 Å². The third kappa shape index (κ3) is 5.82. The zero-order valence-corrected chi connectivity index (χ0v) is 10.5. The van der Waals surface area contributed by atoms with Crippen molar-refractivity contribution in [3.63, 3.8) is 0 Å². The van der Waals surface area contributed by atoms with Crippen LogP contribution in [0.2, 0.25) is 0 Å². The van der Waals surface area contributed by atoms with Gasteiger partial charge in [0.25, 0.3) is 0 Å². The van der Waals surface area contributed by atoms with Crippen molar-refractivity contribution in [3.8, 4) is 0 Å². The number of carboxylic acids is 1. The van der Waals surface area contributed by atoms with E-state index >= 15 is 0 Å². The Morgan fingerprint density at radius 3 is 2.47 bits per heavy atom. The number of aliphatic carboxylic acids is 1. The second-order valence-corrected chi connectivity index (χ2v) is 4.86. The van der Waals surface area contributed by atoms with E-state index in [0.29, 0.717) is 12.5 Å². The Morgan fingerprint density at radius 1 is 1.29 bits per heavy atom. The predicted molar refractivity (Wildman–Crippen MR) is 63.9 cm³/mol. The van der Waals surface area contributed by atoms with E-state index in [2.05, 4.69) is 0 Å². The molecule has 1 N–H and O–H groups in total. The molecule has 0 aliphatic heterocycles. The summed E-state index contributed by atoms with van der Waals surface area (Å²) in [6, 6.07) is 0. The van der Waals surface area contributed by atoms with Gasteiger partial charge < -0.3 is 9.84 Å². The van der Waals surface area contributed by atoms with Gasteiger partial charge in [0.15, 0.2) is 5.78 Å². The standard InChI is InChI=1S/C13H22O4/c1-10(14)12(9-13(15)16)17-8-7-11-5-3-2-4-6-11/h11-12H,2-9H2,1H3,(H,15,16). The van der Waals surface area contributed by atoms with Crippen LogP contribution < -0.4 is 0 Å². The van der Waals surface area contributed by atoms with Crippen LogP contribution in [0.25, 0.3) is 0 Å². The van der Waals surface area contributed by atoms with Gasteiger partial charge in [0.05, 0.1) is 6.42 Å². The lowest BCUT2D eigenvalue weighted by Gasteiger charge is -2.22. The van der Waals surface area contributed by atoms with E-state index in [1.807, 2.05) is 0 Å². The summed E-state index contributed by atoms with van der Waals surface area (Å²) in [4.78, 5) is 21.7. The fourth-order valence-corrected chi connectivity index (χ4v) is 2.33. The first kappa shape index (κ1) is 14.2. The fraction of sp³-hybridized carbons (Fsp3) is 0.846. The maximum atomic E-state index is 11.2. The molecule has 0 aromatic rings. The molecule has 4 nitrogen and oxygen atoms in total. The quantitative estimate of drug-likeness (QED) is 0.744. The molecule has 0 bridgehead atoms. The number of hydrogen-bond donors (Lipinski definition) is 1.